The molecule has 0 spiro atoms. The molecule has 2 heterocycles. The molecule has 10 heteroatoms. The molecular weight excluding hydrogens is 444 g/mol. The van der Waals surface area contributed by atoms with Gasteiger partial charge in [0.25, 0.3) is 0 Å². The molecule has 0 radical (unpaired) electrons. The molecule has 9 nitrogen and oxygen atoms in total. The van der Waals surface area contributed by atoms with Crippen LogP contribution in [0.5, 0.6) is 0 Å². The smallest absolute Gasteiger partial charge is 0.243 e. The quantitative estimate of drug-likeness (QED) is 0.658. The van der Waals surface area contributed by atoms with Gasteiger partial charge in [0, 0.05) is 65.1 Å². The molecule has 1 aromatic rings. The van der Waals surface area contributed by atoms with Gasteiger partial charge in [-0.05, 0) is 43.9 Å². The number of carbonyl (C=O) groups is 3. The molecule has 0 bridgehead atoms. The summed E-state index contributed by atoms with van der Waals surface area (Å²) in [7, 11) is -3.61. The van der Waals surface area contributed by atoms with Gasteiger partial charge in [0.2, 0.25) is 27.7 Å². The fourth-order valence-corrected chi connectivity index (χ4v) is 6.12. The normalized spacial score (nSPS) is 18.3. The number of nitrogens with zero attached hydrogens (tertiary/aromatic N) is 3. The van der Waals surface area contributed by atoms with Crippen LogP contribution in [-0.4, -0.2) is 85.6 Å². The van der Waals surface area contributed by atoms with Crippen LogP contribution in [0.3, 0.4) is 0 Å². The Balaban J connectivity index is 1.45. The van der Waals surface area contributed by atoms with E-state index in [0.29, 0.717) is 36.6 Å². The van der Waals surface area contributed by atoms with E-state index in [9.17, 15) is 22.8 Å². The number of carbonyl (C=O) groups excluding carboxylic acids is 3. The maximum Gasteiger partial charge on any atom is 0.243 e. The summed E-state index contributed by atoms with van der Waals surface area (Å²) in [6.07, 6.45) is 1.70. The van der Waals surface area contributed by atoms with Crippen LogP contribution in [0.15, 0.2) is 23.1 Å². The highest BCUT2D eigenvalue weighted by Gasteiger charge is 2.31. The molecule has 2 aliphatic rings. The second-order valence-corrected chi connectivity index (χ2v) is 10.8. The molecule has 33 heavy (non-hydrogen) atoms. The Labute approximate surface area is 196 Å². The van der Waals surface area contributed by atoms with E-state index in [1.165, 1.54) is 11.2 Å². The third-order valence-corrected chi connectivity index (χ3v) is 8.40. The fraction of sp³-hybridized carbons (Fsp3) is 0.609. The average Bonchev–Trinajstić information content (AvgIpc) is 2.79. The van der Waals surface area contributed by atoms with Gasteiger partial charge in [-0.25, -0.2) is 8.42 Å². The minimum absolute atomic E-state index is 0.0549. The number of hydrogen-bond donors (Lipinski definition) is 1. The van der Waals surface area contributed by atoms with Crippen LogP contribution < -0.4 is 5.32 Å². The van der Waals surface area contributed by atoms with Gasteiger partial charge in [-0.1, -0.05) is 12.1 Å². The van der Waals surface area contributed by atoms with Crippen molar-refractivity contribution in [3.05, 3.63) is 29.3 Å². The van der Waals surface area contributed by atoms with Crippen molar-refractivity contribution in [2.75, 3.05) is 39.3 Å². The standard InChI is InChI=1S/C23H34N4O5S/c1-17-4-5-18(2)21(16-17)33(31,32)27-14-12-26(13-15-27)23(30)7-6-22(29)25-10-8-20(9-11-25)24-19(3)28/h4-5,16,20H,6-15H2,1-3H3,(H,24,28). The van der Waals surface area contributed by atoms with Gasteiger partial charge in [0.15, 0.2) is 0 Å². The summed E-state index contributed by atoms with van der Waals surface area (Å²) in [5.41, 5.74) is 1.59. The first-order valence-corrected chi connectivity index (χ1v) is 12.9. The average molecular weight is 479 g/mol. The SMILES string of the molecule is CC(=O)NC1CCN(C(=O)CCC(=O)N2CCN(S(=O)(=O)c3cc(C)ccc3C)CC2)CC1. The Morgan fingerprint density at radius 3 is 2.00 bits per heavy atom. The topological polar surface area (TPSA) is 107 Å². The Morgan fingerprint density at radius 1 is 0.909 bits per heavy atom. The molecule has 0 atom stereocenters. The summed E-state index contributed by atoms with van der Waals surface area (Å²) in [6, 6.07) is 5.48. The van der Waals surface area contributed by atoms with Gasteiger partial charge in [0.1, 0.15) is 0 Å². The molecular formula is C23H34N4O5S. The summed E-state index contributed by atoms with van der Waals surface area (Å²) < 4.78 is 27.5. The van der Waals surface area contributed by atoms with Gasteiger partial charge in [0.05, 0.1) is 4.90 Å². The first-order valence-electron chi connectivity index (χ1n) is 11.5. The van der Waals surface area contributed by atoms with E-state index >= 15 is 0 Å². The van der Waals surface area contributed by atoms with Crippen molar-refractivity contribution in [3.63, 3.8) is 0 Å². The van der Waals surface area contributed by atoms with Crippen LogP contribution in [0, 0.1) is 13.8 Å². The maximum absolute atomic E-state index is 13.1. The van der Waals surface area contributed by atoms with Crippen LogP contribution in [0.25, 0.3) is 0 Å². The predicted molar refractivity (Wildman–Crippen MR) is 124 cm³/mol. The van der Waals surface area contributed by atoms with E-state index in [4.69, 9.17) is 0 Å². The number of hydrogen-bond acceptors (Lipinski definition) is 5. The van der Waals surface area contributed by atoms with Crippen molar-refractivity contribution in [1.29, 1.82) is 0 Å². The number of piperazine rings is 1. The zero-order chi connectivity index (χ0) is 24.2. The van der Waals surface area contributed by atoms with E-state index in [1.807, 2.05) is 13.0 Å². The molecule has 0 aliphatic carbocycles. The van der Waals surface area contributed by atoms with E-state index in [0.717, 1.165) is 18.4 Å². The molecule has 2 fully saturated rings. The molecule has 3 rings (SSSR count). The maximum atomic E-state index is 13.1. The zero-order valence-corrected chi connectivity index (χ0v) is 20.5. The molecule has 2 aliphatic heterocycles. The van der Waals surface area contributed by atoms with Crippen LogP contribution in [-0.2, 0) is 24.4 Å². The molecule has 2 saturated heterocycles. The lowest BCUT2D eigenvalue weighted by Gasteiger charge is -2.35. The van der Waals surface area contributed by atoms with Crippen molar-refractivity contribution in [2.45, 2.75) is 57.4 Å². The molecule has 3 amide bonds. The summed E-state index contributed by atoms with van der Waals surface area (Å²) in [5.74, 6) is -0.242. The van der Waals surface area contributed by atoms with Gasteiger partial charge in [-0.2, -0.15) is 4.31 Å². The highest BCUT2D eigenvalue weighted by Crippen LogP contribution is 2.22. The van der Waals surface area contributed by atoms with E-state index in [-0.39, 0.29) is 49.7 Å². The third-order valence-electron chi connectivity index (χ3n) is 6.36. The van der Waals surface area contributed by atoms with Gasteiger partial charge in [-0.3, -0.25) is 14.4 Å². The summed E-state index contributed by atoms with van der Waals surface area (Å²) in [4.78, 5) is 40.0. The first-order chi connectivity index (χ1) is 15.6. The third kappa shape index (κ3) is 6.32. The monoisotopic (exact) mass is 478 g/mol. The highest BCUT2D eigenvalue weighted by atomic mass is 32.2. The summed E-state index contributed by atoms with van der Waals surface area (Å²) >= 11 is 0. The number of nitrogens with one attached hydrogen (secondary N) is 1. The van der Waals surface area contributed by atoms with Crippen molar-refractivity contribution in [3.8, 4) is 0 Å². The van der Waals surface area contributed by atoms with Crippen LogP contribution in [0.4, 0.5) is 0 Å². The molecule has 0 aromatic heterocycles. The van der Waals surface area contributed by atoms with Crippen molar-refractivity contribution in [2.24, 2.45) is 0 Å². The van der Waals surface area contributed by atoms with Crippen molar-refractivity contribution in [1.82, 2.24) is 19.4 Å². The molecule has 1 aromatic carbocycles. The molecule has 182 valence electrons. The number of likely N-dealkylation sites (tertiary alicyclic amines) is 1. The highest BCUT2D eigenvalue weighted by molar-refractivity contribution is 7.89. The second kappa shape index (κ2) is 10.6. The minimum Gasteiger partial charge on any atom is -0.353 e. The Bertz CT molecular complexity index is 994. The Morgan fingerprint density at radius 2 is 1.45 bits per heavy atom. The van der Waals surface area contributed by atoms with Gasteiger partial charge < -0.3 is 15.1 Å². The first kappa shape index (κ1) is 25.2. The molecule has 0 saturated carbocycles. The minimum atomic E-state index is -3.61. The summed E-state index contributed by atoms with van der Waals surface area (Å²) in [5, 5.41) is 2.88. The second-order valence-electron chi connectivity index (χ2n) is 8.91. The molecule has 1 N–H and O–H groups in total. The van der Waals surface area contributed by atoms with Gasteiger partial charge in [-0.15, -0.1) is 0 Å². The van der Waals surface area contributed by atoms with Crippen molar-refractivity contribution >= 4 is 27.7 Å². The van der Waals surface area contributed by atoms with E-state index < -0.39 is 10.0 Å². The lowest BCUT2D eigenvalue weighted by atomic mass is 10.0. The number of piperidine rings is 1. The van der Waals surface area contributed by atoms with E-state index in [2.05, 4.69) is 5.32 Å². The molecule has 0 unspecified atom stereocenters. The van der Waals surface area contributed by atoms with Crippen molar-refractivity contribution < 1.29 is 22.8 Å². The van der Waals surface area contributed by atoms with Crippen LogP contribution in [0.1, 0.15) is 43.7 Å². The number of rotatable bonds is 6. The number of aryl methyl sites for hydroxylation is 2. The number of benzene rings is 1. The fourth-order valence-electron chi connectivity index (χ4n) is 4.39. The number of amides is 3. The predicted octanol–water partition coefficient (Wildman–Crippen LogP) is 1.04. The number of sulfonamides is 1. The lowest BCUT2D eigenvalue weighted by molar-refractivity contribution is -0.138. The lowest BCUT2D eigenvalue weighted by Crippen LogP contribution is -2.50. The van der Waals surface area contributed by atoms with Crippen LogP contribution >= 0.6 is 0 Å². The van der Waals surface area contributed by atoms with Gasteiger partial charge >= 0.3 is 0 Å². The Hall–Kier alpha value is -2.46. The zero-order valence-electron chi connectivity index (χ0n) is 19.7. The van der Waals surface area contributed by atoms with Crippen LogP contribution in [0.2, 0.25) is 0 Å². The van der Waals surface area contributed by atoms with E-state index in [1.54, 1.807) is 28.9 Å². The Kier molecular flexibility index (Phi) is 8.12. The summed E-state index contributed by atoms with van der Waals surface area (Å²) in [6.45, 7) is 7.41. The largest absolute Gasteiger partial charge is 0.353 e.